The maximum Gasteiger partial charge on any atom is 0.251 e. The van der Waals surface area contributed by atoms with Crippen LogP contribution in [0.2, 0.25) is 0 Å². The Hall–Kier alpha value is -4.66. The second-order valence-corrected chi connectivity index (χ2v) is 15.4. The molecule has 0 bridgehead atoms. The Balaban J connectivity index is 0.973. The fraction of sp³-hybridized carbons (Fsp3) is 0.238. The average Bonchev–Trinajstić information content (AvgIpc) is 3.17. The molecule has 2 amide bonds. The zero-order chi connectivity index (χ0) is 33.9. The zero-order valence-corrected chi connectivity index (χ0v) is 29.4. The number of rotatable bonds is 9. The van der Waals surface area contributed by atoms with Gasteiger partial charge in [0.1, 0.15) is 0 Å². The first-order valence-electron chi connectivity index (χ1n) is 17.5. The lowest BCUT2D eigenvalue weighted by Crippen LogP contribution is -2.30. The number of benzene rings is 4. The molecule has 0 saturated carbocycles. The Kier molecular flexibility index (Phi) is 9.55. The van der Waals surface area contributed by atoms with Gasteiger partial charge in [0.25, 0.3) is 11.8 Å². The minimum Gasteiger partial charge on any atom is -0.351 e. The van der Waals surface area contributed by atoms with Crippen molar-refractivity contribution in [3.05, 3.63) is 143 Å². The predicted octanol–water partition coefficient (Wildman–Crippen LogP) is 9.28. The van der Waals surface area contributed by atoms with Gasteiger partial charge in [0.2, 0.25) is 0 Å². The van der Waals surface area contributed by atoms with E-state index in [-0.39, 0.29) is 11.8 Å². The van der Waals surface area contributed by atoms with E-state index in [0.29, 0.717) is 36.1 Å². The maximum atomic E-state index is 13.5. The quantitative estimate of drug-likeness (QED) is 0.147. The lowest BCUT2D eigenvalue weighted by Gasteiger charge is -2.25. The molecular weight excluding hydrogens is 657 g/mol. The van der Waals surface area contributed by atoms with Crippen LogP contribution < -0.4 is 10.6 Å². The van der Waals surface area contributed by atoms with E-state index in [1.807, 2.05) is 48.5 Å². The highest BCUT2D eigenvalue weighted by molar-refractivity contribution is 8.76. The van der Waals surface area contributed by atoms with Gasteiger partial charge in [0, 0.05) is 69.0 Å². The molecule has 2 aliphatic carbocycles. The van der Waals surface area contributed by atoms with Gasteiger partial charge < -0.3 is 10.6 Å². The Morgan fingerprint density at radius 2 is 1.04 bits per heavy atom. The third-order valence-electron chi connectivity index (χ3n) is 10.2. The van der Waals surface area contributed by atoms with Crippen molar-refractivity contribution in [2.45, 2.75) is 60.2 Å². The molecule has 2 N–H and O–H groups in total. The van der Waals surface area contributed by atoms with Crippen LogP contribution in [0.5, 0.6) is 0 Å². The summed E-state index contributed by atoms with van der Waals surface area (Å²) < 4.78 is 0. The van der Waals surface area contributed by atoms with Crippen LogP contribution in [0.4, 0.5) is 0 Å². The van der Waals surface area contributed by atoms with E-state index in [9.17, 15) is 9.59 Å². The van der Waals surface area contributed by atoms with Crippen molar-refractivity contribution in [3.8, 4) is 0 Å². The molecule has 0 aliphatic heterocycles. The van der Waals surface area contributed by atoms with E-state index in [2.05, 4.69) is 59.2 Å². The molecule has 6 nitrogen and oxygen atoms in total. The molecule has 8 heteroatoms. The number of carbonyl (C=O) groups excluding carboxylic acids is 2. The number of nitrogens with zero attached hydrogens (tertiary/aromatic N) is 2. The van der Waals surface area contributed by atoms with Crippen LogP contribution in [-0.2, 0) is 12.8 Å². The van der Waals surface area contributed by atoms with Crippen LogP contribution in [0.1, 0.15) is 80.5 Å². The molecule has 250 valence electrons. The van der Waals surface area contributed by atoms with Crippen molar-refractivity contribution in [2.24, 2.45) is 0 Å². The Bertz CT molecular complexity index is 2060. The van der Waals surface area contributed by atoms with Crippen LogP contribution in [-0.4, -0.2) is 34.9 Å². The highest BCUT2D eigenvalue weighted by Crippen LogP contribution is 2.43. The smallest absolute Gasteiger partial charge is 0.251 e. The van der Waals surface area contributed by atoms with E-state index in [1.165, 1.54) is 22.3 Å². The van der Waals surface area contributed by atoms with Crippen molar-refractivity contribution in [3.63, 3.8) is 0 Å². The Morgan fingerprint density at radius 1 is 0.580 bits per heavy atom. The number of fused-ring (bicyclic) bond motifs is 4. The molecule has 2 unspecified atom stereocenters. The summed E-state index contributed by atoms with van der Waals surface area (Å²) in [6.45, 7) is 1.24. The third kappa shape index (κ3) is 6.62. The first-order valence-corrected chi connectivity index (χ1v) is 19.6. The molecule has 0 fully saturated rings. The normalized spacial score (nSPS) is 16.8. The largest absolute Gasteiger partial charge is 0.351 e. The van der Waals surface area contributed by atoms with Crippen molar-refractivity contribution in [1.29, 1.82) is 0 Å². The second-order valence-electron chi connectivity index (χ2n) is 13.2. The maximum absolute atomic E-state index is 13.5. The predicted molar refractivity (Wildman–Crippen MR) is 204 cm³/mol. The van der Waals surface area contributed by atoms with E-state index in [0.717, 1.165) is 70.1 Å². The molecule has 0 radical (unpaired) electrons. The number of pyridine rings is 2. The number of hydrogen-bond donors (Lipinski definition) is 2. The first-order chi connectivity index (χ1) is 24.6. The second kappa shape index (κ2) is 14.7. The van der Waals surface area contributed by atoms with Crippen molar-refractivity contribution >= 4 is 55.2 Å². The molecule has 2 aliphatic rings. The van der Waals surface area contributed by atoms with Crippen LogP contribution in [0.15, 0.2) is 119 Å². The number of carbonyl (C=O) groups is 2. The van der Waals surface area contributed by atoms with E-state index >= 15 is 0 Å². The molecular formula is C42H38N4O2S2. The summed E-state index contributed by atoms with van der Waals surface area (Å²) in [5.41, 5.74) is 8.35. The average molecular weight is 695 g/mol. The van der Waals surface area contributed by atoms with Crippen molar-refractivity contribution < 1.29 is 9.59 Å². The van der Waals surface area contributed by atoms with Gasteiger partial charge in [-0.1, -0.05) is 82.3 Å². The van der Waals surface area contributed by atoms with E-state index in [4.69, 9.17) is 9.97 Å². The summed E-state index contributed by atoms with van der Waals surface area (Å²) in [6.07, 6.45) is 10.2. The Labute approximate surface area is 300 Å². The molecule has 4 aromatic carbocycles. The van der Waals surface area contributed by atoms with Gasteiger partial charge in [0.15, 0.2) is 0 Å². The Morgan fingerprint density at radius 3 is 1.52 bits per heavy atom. The third-order valence-corrected chi connectivity index (χ3v) is 12.6. The zero-order valence-electron chi connectivity index (χ0n) is 27.7. The van der Waals surface area contributed by atoms with Crippen LogP contribution in [0.25, 0.3) is 21.8 Å². The SMILES string of the molecule is O=C(NCC1CCCc2ccccc21)c1ccc(SSc2ccc(C(=O)NCC3CCCc4ccccc43)c3cccnc23)c2ncccc12. The standard InChI is InChI=1S/C42H38N4O2S2/c47-41(45-25-29-13-5-11-27-9-1-3-15-31(27)29)35-19-21-37(39-33(35)17-7-23-43-39)49-50-38-22-20-36(34-18-8-24-44-40(34)38)42(48)46-26-30-14-6-12-28-10-2-4-16-32(28)30/h1-4,7-10,15-24,29-30H,5-6,11-14,25-26H2,(H,45,47)(H,46,48). The molecule has 0 saturated heterocycles. The topological polar surface area (TPSA) is 84.0 Å². The lowest BCUT2D eigenvalue weighted by molar-refractivity contribution is 0.0943. The van der Waals surface area contributed by atoms with E-state index < -0.39 is 0 Å². The van der Waals surface area contributed by atoms with Gasteiger partial charge in [-0.15, -0.1) is 0 Å². The molecule has 8 rings (SSSR count). The van der Waals surface area contributed by atoms with Gasteiger partial charge in [-0.2, -0.15) is 0 Å². The van der Waals surface area contributed by atoms with Gasteiger partial charge in [-0.25, -0.2) is 0 Å². The van der Waals surface area contributed by atoms with Gasteiger partial charge >= 0.3 is 0 Å². The molecule has 6 aromatic rings. The van der Waals surface area contributed by atoms with E-state index in [1.54, 1.807) is 34.0 Å². The van der Waals surface area contributed by atoms with Crippen molar-refractivity contribution in [1.82, 2.24) is 20.6 Å². The summed E-state index contributed by atoms with van der Waals surface area (Å²) >= 11 is 0. The number of aromatic nitrogens is 2. The minimum atomic E-state index is -0.0768. The molecule has 2 atom stereocenters. The first kappa shape index (κ1) is 32.5. The van der Waals surface area contributed by atoms with Crippen LogP contribution in [0.3, 0.4) is 0 Å². The molecule has 50 heavy (non-hydrogen) atoms. The molecule has 0 spiro atoms. The highest BCUT2D eigenvalue weighted by atomic mass is 33.1. The van der Waals surface area contributed by atoms with Crippen molar-refractivity contribution in [2.75, 3.05) is 13.1 Å². The summed E-state index contributed by atoms with van der Waals surface area (Å²) in [5.74, 6) is 0.503. The summed E-state index contributed by atoms with van der Waals surface area (Å²) in [7, 11) is 3.17. The number of nitrogens with one attached hydrogen (secondary N) is 2. The number of hydrogen-bond acceptors (Lipinski definition) is 6. The van der Waals surface area contributed by atoms with Crippen LogP contribution in [0, 0.1) is 0 Å². The summed E-state index contributed by atoms with van der Waals surface area (Å²) in [4.78, 5) is 38.4. The summed E-state index contributed by atoms with van der Waals surface area (Å²) in [5, 5.41) is 8.11. The minimum absolute atomic E-state index is 0.0768. The monoisotopic (exact) mass is 694 g/mol. The fourth-order valence-electron chi connectivity index (χ4n) is 7.67. The molecule has 2 aromatic heterocycles. The lowest BCUT2D eigenvalue weighted by atomic mass is 9.83. The molecule has 2 heterocycles. The van der Waals surface area contributed by atoms with Gasteiger partial charge in [0.05, 0.1) is 11.0 Å². The fourth-order valence-corrected chi connectivity index (χ4v) is 9.92. The number of aryl methyl sites for hydroxylation is 2. The number of amides is 2. The van der Waals surface area contributed by atoms with Gasteiger partial charge in [-0.05, 0) is 97.2 Å². The highest BCUT2D eigenvalue weighted by Gasteiger charge is 2.23. The summed E-state index contributed by atoms with van der Waals surface area (Å²) in [6, 6.07) is 32.7. The van der Waals surface area contributed by atoms with Gasteiger partial charge in [-0.3, -0.25) is 19.6 Å². The van der Waals surface area contributed by atoms with Crippen LogP contribution >= 0.6 is 21.6 Å².